The van der Waals surface area contributed by atoms with Gasteiger partial charge in [0.2, 0.25) is 0 Å². The molecule has 9 heteroatoms. The molecule has 0 aliphatic carbocycles. The molecule has 0 saturated carbocycles. The van der Waals surface area contributed by atoms with E-state index in [9.17, 15) is 10.3 Å². The van der Waals surface area contributed by atoms with Crippen LogP contribution >= 0.6 is 0 Å². The molecule has 4 atom stereocenters. The molecule has 0 radical (unpaired) electrons. The monoisotopic (exact) mass is 469 g/mol. The van der Waals surface area contributed by atoms with E-state index < -0.39 is 36.1 Å². The maximum atomic E-state index is 11.9. The normalized spacial score (nSPS) is 20.8. The SMILES string of the molecule is CC(=O)O[C@H](COCc1ccccc1)[C@H]1OC(C)(C)O[C@@H]1[C@H](COCc1ccccc1)N=[N+]=[N-]. The first-order chi connectivity index (χ1) is 16.4. The highest BCUT2D eigenvalue weighted by Crippen LogP contribution is 2.34. The van der Waals surface area contributed by atoms with E-state index in [1.54, 1.807) is 13.8 Å². The summed E-state index contributed by atoms with van der Waals surface area (Å²) in [6.45, 7) is 5.74. The summed E-state index contributed by atoms with van der Waals surface area (Å²) in [5, 5.41) is 3.91. The number of benzene rings is 2. The van der Waals surface area contributed by atoms with Gasteiger partial charge < -0.3 is 23.7 Å². The summed E-state index contributed by atoms with van der Waals surface area (Å²) in [6, 6.07) is 18.7. The lowest BCUT2D eigenvalue weighted by Crippen LogP contribution is -2.46. The van der Waals surface area contributed by atoms with Crippen LogP contribution in [-0.4, -0.2) is 49.3 Å². The molecule has 0 N–H and O–H groups in total. The number of hydrogen-bond donors (Lipinski definition) is 0. The molecule has 3 rings (SSSR count). The van der Waals surface area contributed by atoms with E-state index in [4.69, 9.17) is 23.7 Å². The Hall–Kier alpha value is -2.94. The van der Waals surface area contributed by atoms with Gasteiger partial charge in [0.1, 0.15) is 12.2 Å². The Morgan fingerprint density at radius 1 is 0.971 bits per heavy atom. The van der Waals surface area contributed by atoms with Crippen molar-refractivity contribution in [2.75, 3.05) is 13.2 Å². The van der Waals surface area contributed by atoms with E-state index in [0.717, 1.165) is 11.1 Å². The molecular formula is C25H31N3O6. The summed E-state index contributed by atoms with van der Waals surface area (Å²) < 4.78 is 29.4. The van der Waals surface area contributed by atoms with Gasteiger partial charge in [-0.05, 0) is 30.5 Å². The van der Waals surface area contributed by atoms with Crippen LogP contribution in [-0.2, 0) is 41.7 Å². The van der Waals surface area contributed by atoms with Crippen molar-refractivity contribution < 1.29 is 28.5 Å². The summed E-state index contributed by atoms with van der Waals surface area (Å²) in [4.78, 5) is 14.8. The largest absolute Gasteiger partial charge is 0.457 e. The first-order valence-corrected chi connectivity index (χ1v) is 11.2. The number of azide groups is 1. The highest BCUT2D eigenvalue weighted by molar-refractivity contribution is 5.66. The molecule has 1 aliphatic heterocycles. The average molecular weight is 470 g/mol. The third kappa shape index (κ3) is 7.83. The van der Waals surface area contributed by atoms with Gasteiger partial charge in [0.15, 0.2) is 11.9 Å². The Labute approximate surface area is 199 Å². The predicted molar refractivity (Wildman–Crippen MR) is 125 cm³/mol. The van der Waals surface area contributed by atoms with Crippen LogP contribution in [0.4, 0.5) is 0 Å². The van der Waals surface area contributed by atoms with Crippen molar-refractivity contribution in [3.63, 3.8) is 0 Å². The Kier molecular flexibility index (Phi) is 9.44. The van der Waals surface area contributed by atoms with Gasteiger partial charge in [-0.3, -0.25) is 4.79 Å². The Bertz CT molecular complexity index is 950. The number of carbonyl (C=O) groups is 1. The third-order valence-electron chi connectivity index (χ3n) is 5.22. The lowest BCUT2D eigenvalue weighted by atomic mass is 10.0. The smallest absolute Gasteiger partial charge is 0.303 e. The summed E-state index contributed by atoms with van der Waals surface area (Å²) >= 11 is 0. The molecule has 2 aromatic rings. The Morgan fingerprint density at radius 2 is 1.50 bits per heavy atom. The van der Waals surface area contributed by atoms with E-state index in [-0.39, 0.29) is 13.2 Å². The van der Waals surface area contributed by atoms with Crippen molar-refractivity contribution in [3.8, 4) is 0 Å². The standard InChI is InChI=1S/C25H31N3O6/c1-18(29)32-22(17-31-15-20-12-8-5-9-13-20)24-23(33-25(2,3)34-24)21(27-28-26)16-30-14-19-10-6-4-7-11-19/h4-13,21-24H,14-17H2,1-3H3/t21-,22+,23+,24+/m0/s1. The molecule has 1 heterocycles. The van der Waals surface area contributed by atoms with E-state index >= 15 is 0 Å². The Balaban J connectivity index is 1.70. The minimum Gasteiger partial charge on any atom is -0.457 e. The van der Waals surface area contributed by atoms with E-state index in [1.165, 1.54) is 6.92 Å². The number of carbonyl (C=O) groups excluding carboxylic acids is 1. The summed E-state index contributed by atoms with van der Waals surface area (Å²) in [7, 11) is 0. The number of hydrogen-bond acceptors (Lipinski definition) is 7. The van der Waals surface area contributed by atoms with Crippen LogP contribution in [0.15, 0.2) is 65.8 Å². The fourth-order valence-electron chi connectivity index (χ4n) is 3.81. The van der Waals surface area contributed by atoms with Gasteiger partial charge in [-0.1, -0.05) is 65.8 Å². The first kappa shape index (κ1) is 25.7. The minimum absolute atomic E-state index is 0.0863. The summed E-state index contributed by atoms with van der Waals surface area (Å²) in [5.74, 6) is -1.45. The van der Waals surface area contributed by atoms with Crippen molar-refractivity contribution in [3.05, 3.63) is 82.2 Å². The molecular weight excluding hydrogens is 438 g/mol. The minimum atomic E-state index is -0.976. The van der Waals surface area contributed by atoms with Gasteiger partial charge in [0, 0.05) is 11.8 Å². The second kappa shape index (κ2) is 12.5. The highest BCUT2D eigenvalue weighted by Gasteiger charge is 2.49. The summed E-state index contributed by atoms with van der Waals surface area (Å²) in [5.41, 5.74) is 11.2. The number of rotatable bonds is 12. The van der Waals surface area contributed by atoms with Crippen LogP contribution in [0, 0.1) is 0 Å². The molecule has 0 aromatic heterocycles. The van der Waals surface area contributed by atoms with Crippen LogP contribution in [0.5, 0.6) is 0 Å². The van der Waals surface area contributed by atoms with Crippen LogP contribution < -0.4 is 0 Å². The van der Waals surface area contributed by atoms with E-state index in [1.807, 2.05) is 60.7 Å². The van der Waals surface area contributed by atoms with Crippen molar-refractivity contribution in [2.24, 2.45) is 5.11 Å². The molecule has 0 unspecified atom stereocenters. The van der Waals surface area contributed by atoms with Crippen LogP contribution in [0.3, 0.4) is 0 Å². The second-order valence-electron chi connectivity index (χ2n) is 8.49. The van der Waals surface area contributed by atoms with Crippen molar-refractivity contribution in [1.29, 1.82) is 0 Å². The van der Waals surface area contributed by atoms with Crippen molar-refractivity contribution >= 4 is 5.97 Å². The highest BCUT2D eigenvalue weighted by atomic mass is 16.8. The van der Waals surface area contributed by atoms with E-state index in [0.29, 0.717) is 13.2 Å². The maximum absolute atomic E-state index is 11.9. The van der Waals surface area contributed by atoms with Crippen LogP contribution in [0.2, 0.25) is 0 Å². The number of nitrogens with zero attached hydrogens (tertiary/aromatic N) is 3. The van der Waals surface area contributed by atoms with Crippen molar-refractivity contribution in [1.82, 2.24) is 0 Å². The molecule has 182 valence electrons. The van der Waals surface area contributed by atoms with Gasteiger partial charge >= 0.3 is 5.97 Å². The topological polar surface area (TPSA) is 112 Å². The van der Waals surface area contributed by atoms with Gasteiger partial charge in [-0.25, -0.2) is 0 Å². The average Bonchev–Trinajstić information content (AvgIpc) is 3.14. The van der Waals surface area contributed by atoms with Crippen molar-refractivity contribution in [2.45, 2.75) is 64.1 Å². The van der Waals surface area contributed by atoms with Crippen LogP contribution in [0.25, 0.3) is 10.4 Å². The molecule has 0 bridgehead atoms. The zero-order valence-corrected chi connectivity index (χ0v) is 19.7. The molecule has 9 nitrogen and oxygen atoms in total. The Morgan fingerprint density at radius 3 is 2.03 bits per heavy atom. The van der Waals surface area contributed by atoms with Gasteiger partial charge in [0.25, 0.3) is 0 Å². The van der Waals surface area contributed by atoms with Gasteiger partial charge in [0.05, 0.1) is 32.5 Å². The molecule has 0 amide bonds. The van der Waals surface area contributed by atoms with Gasteiger partial charge in [-0.2, -0.15) is 0 Å². The number of ether oxygens (including phenoxy) is 5. The van der Waals surface area contributed by atoms with Crippen LogP contribution in [0.1, 0.15) is 31.9 Å². The maximum Gasteiger partial charge on any atom is 0.303 e. The lowest BCUT2D eigenvalue weighted by molar-refractivity contribution is -0.175. The third-order valence-corrected chi connectivity index (χ3v) is 5.22. The quantitative estimate of drug-likeness (QED) is 0.195. The fourth-order valence-corrected chi connectivity index (χ4v) is 3.81. The summed E-state index contributed by atoms with van der Waals surface area (Å²) in [6.07, 6.45) is -2.18. The predicted octanol–water partition coefficient (Wildman–Crippen LogP) is 4.55. The molecule has 1 aliphatic rings. The van der Waals surface area contributed by atoms with Gasteiger partial charge in [-0.15, -0.1) is 0 Å². The number of esters is 1. The lowest BCUT2D eigenvalue weighted by Gasteiger charge is -2.28. The zero-order chi connectivity index (χ0) is 24.4. The second-order valence-corrected chi connectivity index (χ2v) is 8.49. The van der Waals surface area contributed by atoms with E-state index in [2.05, 4.69) is 10.0 Å². The zero-order valence-electron chi connectivity index (χ0n) is 19.7. The fraction of sp³-hybridized carbons (Fsp3) is 0.480. The first-order valence-electron chi connectivity index (χ1n) is 11.2. The molecule has 0 spiro atoms. The molecule has 34 heavy (non-hydrogen) atoms. The molecule has 1 fully saturated rings. The molecule has 1 saturated heterocycles. The molecule has 2 aromatic carbocycles.